The Morgan fingerprint density at radius 1 is 1.35 bits per heavy atom. The Morgan fingerprint density at radius 2 is 2.10 bits per heavy atom. The van der Waals surface area contributed by atoms with Crippen molar-refractivity contribution >= 4 is 11.9 Å². The van der Waals surface area contributed by atoms with Gasteiger partial charge in [0, 0.05) is 12.3 Å². The Hall–Kier alpha value is -1.32. The number of ether oxygens (including phenoxy) is 1. The first kappa shape index (κ1) is 13.7. The summed E-state index contributed by atoms with van der Waals surface area (Å²) in [5.41, 5.74) is -0.819. The zero-order chi connectivity index (χ0) is 14.5. The normalized spacial score (nSPS) is 47.1. The number of allylic oxidation sites excluding steroid dienone is 1. The Kier molecular flexibility index (Phi) is 2.96. The summed E-state index contributed by atoms with van der Waals surface area (Å²) >= 11 is 0. The van der Waals surface area contributed by atoms with E-state index in [1.807, 2.05) is 6.92 Å². The van der Waals surface area contributed by atoms with Gasteiger partial charge in [-0.1, -0.05) is 25.5 Å². The lowest BCUT2D eigenvalue weighted by molar-refractivity contribution is -0.169. The van der Waals surface area contributed by atoms with E-state index in [2.05, 4.69) is 19.1 Å². The van der Waals surface area contributed by atoms with Crippen LogP contribution in [0.15, 0.2) is 12.2 Å². The number of esters is 1. The highest BCUT2D eigenvalue weighted by atomic mass is 16.5. The maximum absolute atomic E-state index is 11.8. The number of hydrogen-bond acceptors (Lipinski definition) is 3. The smallest absolute Gasteiger partial charge is 0.309 e. The third-order valence-corrected chi connectivity index (χ3v) is 6.04. The maximum Gasteiger partial charge on any atom is 0.309 e. The van der Waals surface area contributed by atoms with Crippen molar-refractivity contribution in [2.45, 2.75) is 39.5 Å². The van der Waals surface area contributed by atoms with Gasteiger partial charge in [-0.3, -0.25) is 9.59 Å². The van der Waals surface area contributed by atoms with Gasteiger partial charge in [-0.2, -0.15) is 0 Å². The highest BCUT2D eigenvalue weighted by molar-refractivity contribution is 5.76. The molecule has 2 aliphatic carbocycles. The molecule has 0 aromatic rings. The molecular weight excluding hydrogens is 256 g/mol. The lowest BCUT2D eigenvalue weighted by atomic mass is 9.47. The van der Waals surface area contributed by atoms with Gasteiger partial charge in [0.05, 0.1) is 12.0 Å². The minimum atomic E-state index is -0.713. The van der Waals surface area contributed by atoms with E-state index in [-0.39, 0.29) is 29.1 Å². The van der Waals surface area contributed by atoms with Crippen LogP contribution in [0.5, 0.6) is 0 Å². The minimum absolute atomic E-state index is 0.00778. The van der Waals surface area contributed by atoms with Crippen molar-refractivity contribution in [2.75, 3.05) is 6.61 Å². The molecule has 1 heterocycles. The molecule has 0 spiro atoms. The molecule has 5 unspecified atom stereocenters. The largest absolute Gasteiger partial charge is 0.481 e. The summed E-state index contributed by atoms with van der Waals surface area (Å²) < 4.78 is 5.16. The quantitative estimate of drug-likeness (QED) is 0.591. The van der Waals surface area contributed by atoms with Crippen molar-refractivity contribution in [3.8, 4) is 0 Å². The summed E-state index contributed by atoms with van der Waals surface area (Å²) in [4.78, 5) is 23.4. The van der Waals surface area contributed by atoms with E-state index in [1.165, 1.54) is 0 Å². The fraction of sp³-hybridized carbons (Fsp3) is 0.750. The van der Waals surface area contributed by atoms with E-state index in [0.717, 1.165) is 19.3 Å². The van der Waals surface area contributed by atoms with Gasteiger partial charge in [0.15, 0.2) is 0 Å². The van der Waals surface area contributed by atoms with Gasteiger partial charge in [-0.25, -0.2) is 0 Å². The Morgan fingerprint density at radius 3 is 2.80 bits per heavy atom. The second-order valence-electron chi connectivity index (χ2n) is 7.10. The number of carbonyl (C=O) groups is 2. The second-order valence-corrected chi connectivity index (χ2v) is 7.10. The molecule has 110 valence electrons. The third-order valence-electron chi connectivity index (χ3n) is 6.04. The molecule has 1 aliphatic heterocycles. The van der Waals surface area contributed by atoms with Crippen molar-refractivity contribution in [3.05, 3.63) is 12.2 Å². The van der Waals surface area contributed by atoms with Gasteiger partial charge in [-0.05, 0) is 37.0 Å². The van der Waals surface area contributed by atoms with E-state index in [9.17, 15) is 14.7 Å². The summed E-state index contributed by atoms with van der Waals surface area (Å²) in [6, 6.07) is 0. The molecule has 0 aromatic heterocycles. The lowest BCUT2D eigenvalue weighted by Crippen LogP contribution is -2.55. The summed E-state index contributed by atoms with van der Waals surface area (Å²) in [5.74, 6) is -0.366. The van der Waals surface area contributed by atoms with Crippen LogP contribution in [0.25, 0.3) is 0 Å². The lowest BCUT2D eigenvalue weighted by Gasteiger charge is -2.56. The minimum Gasteiger partial charge on any atom is -0.481 e. The van der Waals surface area contributed by atoms with E-state index < -0.39 is 11.4 Å². The molecule has 5 atom stereocenters. The molecular formula is C16H22O4. The highest BCUT2D eigenvalue weighted by Gasteiger charge is 2.58. The van der Waals surface area contributed by atoms with Crippen LogP contribution >= 0.6 is 0 Å². The van der Waals surface area contributed by atoms with Gasteiger partial charge in [0.1, 0.15) is 0 Å². The number of cyclic esters (lactones) is 1. The number of aliphatic carboxylic acids is 1. The average molecular weight is 278 g/mol. The van der Waals surface area contributed by atoms with Gasteiger partial charge < -0.3 is 9.84 Å². The standard InChI is InChI=1S/C16H22O4/c1-15-6-3-7-16(2,14(18)19)12(15)5-4-10-9-20-13(17)8-11(10)15/h4-5,10-12H,3,6-9H2,1-2H3,(H,18,19). The first-order valence-electron chi connectivity index (χ1n) is 7.45. The van der Waals surface area contributed by atoms with Crippen LogP contribution in [-0.4, -0.2) is 23.7 Å². The van der Waals surface area contributed by atoms with Crippen LogP contribution < -0.4 is 0 Å². The molecule has 4 heteroatoms. The van der Waals surface area contributed by atoms with Crippen LogP contribution in [0.3, 0.4) is 0 Å². The second kappa shape index (κ2) is 4.34. The highest BCUT2D eigenvalue weighted by Crippen LogP contribution is 2.60. The third kappa shape index (κ3) is 1.73. The van der Waals surface area contributed by atoms with Crippen molar-refractivity contribution < 1.29 is 19.4 Å². The summed E-state index contributed by atoms with van der Waals surface area (Å²) in [5, 5.41) is 9.67. The average Bonchev–Trinajstić information content (AvgIpc) is 2.39. The van der Waals surface area contributed by atoms with Crippen molar-refractivity contribution in [1.82, 2.24) is 0 Å². The summed E-state index contributed by atoms with van der Waals surface area (Å²) in [6.07, 6.45) is 7.25. The number of carbonyl (C=O) groups excluding carboxylic acids is 1. The van der Waals surface area contributed by atoms with Crippen LogP contribution in [0.4, 0.5) is 0 Å². The molecule has 3 rings (SSSR count). The molecule has 1 N–H and O–H groups in total. The fourth-order valence-electron chi connectivity index (χ4n) is 4.82. The molecule has 1 saturated heterocycles. The predicted octanol–water partition coefficient (Wildman–Crippen LogP) is 2.63. The number of rotatable bonds is 1. The monoisotopic (exact) mass is 278 g/mol. The number of hydrogen-bond donors (Lipinski definition) is 1. The summed E-state index contributed by atoms with van der Waals surface area (Å²) in [7, 11) is 0. The fourth-order valence-corrected chi connectivity index (χ4v) is 4.82. The van der Waals surface area contributed by atoms with E-state index >= 15 is 0 Å². The molecule has 1 saturated carbocycles. The number of carboxylic acids is 1. The summed E-state index contributed by atoms with van der Waals surface area (Å²) in [6.45, 7) is 4.49. The zero-order valence-corrected chi connectivity index (χ0v) is 12.1. The number of fused-ring (bicyclic) bond motifs is 3. The predicted molar refractivity (Wildman–Crippen MR) is 72.9 cm³/mol. The molecule has 3 aliphatic rings. The molecule has 0 aromatic carbocycles. The Balaban J connectivity index is 2.02. The van der Waals surface area contributed by atoms with E-state index in [4.69, 9.17) is 4.74 Å². The zero-order valence-electron chi connectivity index (χ0n) is 12.1. The van der Waals surface area contributed by atoms with Crippen molar-refractivity contribution in [2.24, 2.45) is 28.6 Å². The van der Waals surface area contributed by atoms with Crippen LogP contribution in [0.1, 0.15) is 39.5 Å². The van der Waals surface area contributed by atoms with Crippen LogP contribution in [-0.2, 0) is 14.3 Å². The van der Waals surface area contributed by atoms with Crippen molar-refractivity contribution in [3.63, 3.8) is 0 Å². The first-order valence-corrected chi connectivity index (χ1v) is 7.45. The Bertz CT molecular complexity index is 483. The van der Waals surface area contributed by atoms with Crippen molar-refractivity contribution in [1.29, 1.82) is 0 Å². The van der Waals surface area contributed by atoms with Gasteiger partial charge in [0.2, 0.25) is 0 Å². The van der Waals surface area contributed by atoms with E-state index in [1.54, 1.807) is 0 Å². The molecule has 0 bridgehead atoms. The molecule has 4 nitrogen and oxygen atoms in total. The number of carboxylic acid groups (broad SMARTS) is 1. The molecule has 0 amide bonds. The molecule has 20 heavy (non-hydrogen) atoms. The molecule has 2 fully saturated rings. The van der Waals surface area contributed by atoms with Gasteiger partial charge >= 0.3 is 11.9 Å². The topological polar surface area (TPSA) is 63.6 Å². The first-order chi connectivity index (χ1) is 9.38. The SMILES string of the molecule is CC1(C(=O)O)CCCC2(C)C3CC(=O)OCC3C=CC12. The maximum atomic E-state index is 11.8. The molecule has 0 radical (unpaired) electrons. The Labute approximate surface area is 119 Å². The van der Waals surface area contributed by atoms with Crippen LogP contribution in [0.2, 0.25) is 0 Å². The van der Waals surface area contributed by atoms with Gasteiger partial charge in [0.25, 0.3) is 0 Å². The van der Waals surface area contributed by atoms with E-state index in [0.29, 0.717) is 13.0 Å². The van der Waals surface area contributed by atoms with Crippen LogP contribution in [0, 0.1) is 28.6 Å². The van der Waals surface area contributed by atoms with Gasteiger partial charge in [-0.15, -0.1) is 0 Å².